The second-order valence-corrected chi connectivity index (χ2v) is 6.41. The average Bonchev–Trinajstić information content (AvgIpc) is 2.82. The summed E-state index contributed by atoms with van der Waals surface area (Å²) in [7, 11) is 0. The van der Waals surface area contributed by atoms with E-state index < -0.39 is 0 Å². The molecule has 0 heterocycles. The largest absolute Gasteiger partial charge is 0.197 e. The molecule has 0 radical (unpaired) electrons. The van der Waals surface area contributed by atoms with Gasteiger partial charge in [-0.15, -0.1) is 0 Å². The number of nitriles is 1. The molecule has 21 heavy (non-hydrogen) atoms. The van der Waals surface area contributed by atoms with E-state index in [0.717, 1.165) is 19.3 Å². The summed E-state index contributed by atoms with van der Waals surface area (Å²) in [5.74, 6) is 0. The van der Waals surface area contributed by atoms with Crippen LogP contribution in [0.15, 0.2) is 36.4 Å². The van der Waals surface area contributed by atoms with Crippen LogP contribution in [0.4, 0.5) is 0 Å². The Labute approximate surface area is 127 Å². The fourth-order valence-electron chi connectivity index (χ4n) is 3.82. The summed E-state index contributed by atoms with van der Waals surface area (Å²) >= 11 is 0. The van der Waals surface area contributed by atoms with Gasteiger partial charge in [-0.3, -0.25) is 0 Å². The summed E-state index contributed by atoms with van der Waals surface area (Å²) < 4.78 is 0. The van der Waals surface area contributed by atoms with Gasteiger partial charge in [0.15, 0.2) is 0 Å². The van der Waals surface area contributed by atoms with E-state index in [4.69, 9.17) is 0 Å². The van der Waals surface area contributed by atoms with Crippen molar-refractivity contribution in [3.05, 3.63) is 69.8 Å². The Morgan fingerprint density at radius 3 is 2.43 bits per heavy atom. The third kappa shape index (κ3) is 2.25. The lowest BCUT2D eigenvalue weighted by Gasteiger charge is -2.25. The first kappa shape index (κ1) is 13.9. The molecule has 1 unspecified atom stereocenters. The highest BCUT2D eigenvalue weighted by Crippen LogP contribution is 2.42. The first-order valence-corrected chi connectivity index (χ1v) is 7.62. The van der Waals surface area contributed by atoms with Gasteiger partial charge in [-0.25, -0.2) is 0 Å². The Morgan fingerprint density at radius 2 is 1.76 bits per heavy atom. The van der Waals surface area contributed by atoms with E-state index in [1.54, 1.807) is 0 Å². The molecule has 3 rings (SSSR count). The van der Waals surface area contributed by atoms with Gasteiger partial charge >= 0.3 is 0 Å². The maximum absolute atomic E-state index is 9.91. The predicted molar refractivity (Wildman–Crippen MR) is 86.4 cm³/mol. The molecule has 1 atom stereocenters. The molecule has 1 aliphatic rings. The maximum atomic E-state index is 9.91. The van der Waals surface area contributed by atoms with Crippen LogP contribution in [-0.2, 0) is 18.3 Å². The molecule has 2 aromatic carbocycles. The summed E-state index contributed by atoms with van der Waals surface area (Å²) in [6.45, 7) is 6.47. The molecule has 0 aliphatic heterocycles. The van der Waals surface area contributed by atoms with Crippen LogP contribution in [0.5, 0.6) is 0 Å². The van der Waals surface area contributed by atoms with Gasteiger partial charge in [-0.1, -0.05) is 42.0 Å². The van der Waals surface area contributed by atoms with E-state index in [1.165, 1.54) is 33.4 Å². The molecule has 0 spiro atoms. The molecule has 0 bridgehead atoms. The molecule has 0 saturated heterocycles. The highest BCUT2D eigenvalue weighted by atomic mass is 14.4. The van der Waals surface area contributed by atoms with Gasteiger partial charge in [0, 0.05) is 0 Å². The fraction of sp³-hybridized carbons (Fsp3) is 0.350. The number of fused-ring (bicyclic) bond motifs is 1. The first-order valence-electron chi connectivity index (χ1n) is 7.62. The van der Waals surface area contributed by atoms with Gasteiger partial charge in [0.2, 0.25) is 0 Å². The fourth-order valence-corrected chi connectivity index (χ4v) is 3.82. The monoisotopic (exact) mass is 275 g/mol. The van der Waals surface area contributed by atoms with Crippen molar-refractivity contribution in [3.63, 3.8) is 0 Å². The molecule has 0 N–H and O–H groups in total. The molecule has 0 aromatic heterocycles. The molecule has 2 aromatic rings. The molecule has 1 heteroatoms. The lowest BCUT2D eigenvalue weighted by Crippen LogP contribution is -2.25. The summed E-state index contributed by atoms with van der Waals surface area (Å²) in [5, 5.41) is 9.91. The van der Waals surface area contributed by atoms with Crippen molar-refractivity contribution in [2.24, 2.45) is 0 Å². The number of hydrogen-bond donors (Lipinski definition) is 0. The molecule has 0 fully saturated rings. The van der Waals surface area contributed by atoms with Crippen LogP contribution in [0.2, 0.25) is 0 Å². The molecular weight excluding hydrogens is 254 g/mol. The Bertz CT molecular complexity index is 713. The topological polar surface area (TPSA) is 23.8 Å². The zero-order chi connectivity index (χ0) is 15.0. The number of aryl methyl sites for hydroxylation is 4. The van der Waals surface area contributed by atoms with Crippen LogP contribution in [0.1, 0.15) is 39.8 Å². The first-order chi connectivity index (χ1) is 10.1. The molecule has 0 amide bonds. The van der Waals surface area contributed by atoms with E-state index in [0.29, 0.717) is 0 Å². The molecule has 1 nitrogen and oxygen atoms in total. The second-order valence-electron chi connectivity index (χ2n) is 6.41. The number of hydrogen-bond acceptors (Lipinski definition) is 1. The van der Waals surface area contributed by atoms with E-state index in [2.05, 4.69) is 63.2 Å². The minimum absolute atomic E-state index is 0.346. The lowest BCUT2D eigenvalue weighted by atomic mass is 9.76. The van der Waals surface area contributed by atoms with Crippen molar-refractivity contribution in [2.45, 2.75) is 45.4 Å². The van der Waals surface area contributed by atoms with E-state index in [-0.39, 0.29) is 5.41 Å². The van der Waals surface area contributed by atoms with Gasteiger partial charge in [0.05, 0.1) is 11.5 Å². The summed E-state index contributed by atoms with van der Waals surface area (Å²) in [4.78, 5) is 0. The lowest BCUT2D eigenvalue weighted by molar-refractivity contribution is 0.538. The SMILES string of the molecule is Cc1cc(C)c(CC2(C#N)CCc3ccccc32)c(C)c1. The van der Waals surface area contributed by atoms with Gasteiger partial charge in [0.1, 0.15) is 0 Å². The van der Waals surface area contributed by atoms with Crippen LogP contribution in [0.25, 0.3) is 0 Å². The Kier molecular flexibility index (Phi) is 3.33. The van der Waals surface area contributed by atoms with Gasteiger partial charge in [-0.05, 0) is 67.9 Å². The van der Waals surface area contributed by atoms with Crippen molar-refractivity contribution < 1.29 is 0 Å². The molecular formula is C20H21N. The molecule has 0 saturated carbocycles. The number of benzene rings is 2. The van der Waals surface area contributed by atoms with Crippen molar-refractivity contribution in [1.29, 1.82) is 5.26 Å². The zero-order valence-corrected chi connectivity index (χ0v) is 13.0. The zero-order valence-electron chi connectivity index (χ0n) is 13.0. The van der Waals surface area contributed by atoms with E-state index in [9.17, 15) is 5.26 Å². The Hall–Kier alpha value is -2.07. The Morgan fingerprint density at radius 1 is 1.10 bits per heavy atom. The van der Waals surface area contributed by atoms with Gasteiger partial charge in [-0.2, -0.15) is 5.26 Å². The van der Waals surface area contributed by atoms with Crippen molar-refractivity contribution in [1.82, 2.24) is 0 Å². The average molecular weight is 275 g/mol. The van der Waals surface area contributed by atoms with Crippen molar-refractivity contribution in [2.75, 3.05) is 0 Å². The third-order valence-electron chi connectivity index (χ3n) is 4.89. The third-order valence-corrected chi connectivity index (χ3v) is 4.89. The minimum atomic E-state index is -0.346. The molecule has 1 aliphatic carbocycles. The summed E-state index contributed by atoms with van der Waals surface area (Å²) in [6, 6.07) is 15.6. The minimum Gasteiger partial charge on any atom is -0.197 e. The maximum Gasteiger partial charge on any atom is 0.0868 e. The standard InChI is InChI=1S/C20H21N/c1-14-10-15(2)18(16(3)11-14)12-20(13-21)9-8-17-6-4-5-7-19(17)20/h4-7,10-11H,8-9,12H2,1-3H3. The van der Waals surface area contributed by atoms with Crippen LogP contribution in [0, 0.1) is 32.1 Å². The van der Waals surface area contributed by atoms with Crippen LogP contribution in [-0.4, -0.2) is 0 Å². The smallest absolute Gasteiger partial charge is 0.0868 e. The summed E-state index contributed by atoms with van der Waals surface area (Å²) in [5.41, 5.74) is 7.51. The van der Waals surface area contributed by atoms with Crippen LogP contribution in [0.3, 0.4) is 0 Å². The second kappa shape index (κ2) is 5.04. The highest BCUT2D eigenvalue weighted by molar-refractivity contribution is 5.48. The Balaban J connectivity index is 2.07. The van der Waals surface area contributed by atoms with Crippen LogP contribution < -0.4 is 0 Å². The predicted octanol–water partition coefficient (Wildman–Crippen LogP) is 4.56. The number of nitrogens with zero attached hydrogens (tertiary/aromatic N) is 1. The van der Waals surface area contributed by atoms with Gasteiger partial charge in [0.25, 0.3) is 0 Å². The van der Waals surface area contributed by atoms with Crippen molar-refractivity contribution in [3.8, 4) is 6.07 Å². The number of rotatable bonds is 2. The van der Waals surface area contributed by atoms with Crippen LogP contribution >= 0.6 is 0 Å². The quantitative estimate of drug-likeness (QED) is 0.788. The van der Waals surface area contributed by atoms with E-state index in [1.807, 2.05) is 0 Å². The molecule has 106 valence electrons. The summed E-state index contributed by atoms with van der Waals surface area (Å²) in [6.07, 6.45) is 2.79. The normalized spacial score (nSPS) is 20.1. The van der Waals surface area contributed by atoms with Crippen molar-refractivity contribution >= 4 is 0 Å². The van der Waals surface area contributed by atoms with Gasteiger partial charge < -0.3 is 0 Å². The van der Waals surface area contributed by atoms with E-state index >= 15 is 0 Å². The highest BCUT2D eigenvalue weighted by Gasteiger charge is 2.39.